The molecule has 0 N–H and O–H groups in total. The second kappa shape index (κ2) is 5.74. The summed E-state index contributed by atoms with van der Waals surface area (Å²) in [6.07, 6.45) is 0. The Morgan fingerprint density at radius 3 is 2.40 bits per heavy atom. The second-order valence-electron chi connectivity index (χ2n) is 4.49. The highest BCUT2D eigenvalue weighted by atomic mass is 16.5. The molecular weight excluding hydrogens is 254 g/mol. The number of nitrogens with zero attached hydrogens (tertiary/aromatic N) is 1. The number of esters is 1. The van der Waals surface area contributed by atoms with Gasteiger partial charge in [0, 0.05) is 18.2 Å². The molecule has 0 spiro atoms. The Hall–Kier alpha value is -2.36. The predicted octanol–water partition coefficient (Wildman–Crippen LogP) is 3.30. The van der Waals surface area contributed by atoms with E-state index in [1.807, 2.05) is 36.4 Å². The van der Waals surface area contributed by atoms with Crippen molar-refractivity contribution in [2.24, 2.45) is 0 Å². The van der Waals surface area contributed by atoms with Crippen molar-refractivity contribution >= 4 is 11.9 Å². The van der Waals surface area contributed by atoms with Gasteiger partial charge in [-0.05, 0) is 25.5 Å². The lowest BCUT2D eigenvalue weighted by atomic mass is 10.1. The fraction of sp³-hybridized carbons (Fsp3) is 0.250. The minimum Gasteiger partial charge on any atom is -0.461 e. The smallest absolute Gasteiger partial charge is 0.356 e. The van der Waals surface area contributed by atoms with Gasteiger partial charge in [-0.25, -0.2) is 4.79 Å². The topological polar surface area (TPSA) is 48.3 Å². The largest absolute Gasteiger partial charge is 0.461 e. The molecule has 0 aliphatic heterocycles. The number of hydrogen-bond acceptors (Lipinski definition) is 3. The maximum atomic E-state index is 12.2. The lowest BCUT2D eigenvalue weighted by molar-refractivity contribution is 0.0509. The van der Waals surface area contributed by atoms with Crippen molar-refractivity contribution < 1.29 is 14.3 Å². The van der Waals surface area contributed by atoms with E-state index in [1.165, 1.54) is 11.5 Å². The third kappa shape index (κ3) is 2.50. The molecule has 0 bridgehead atoms. The molecule has 2 aromatic rings. The minimum absolute atomic E-state index is 0.201. The number of aromatic nitrogens is 1. The molecule has 2 rings (SSSR count). The van der Waals surface area contributed by atoms with E-state index in [-0.39, 0.29) is 12.5 Å². The second-order valence-corrected chi connectivity index (χ2v) is 4.49. The molecule has 0 amide bonds. The van der Waals surface area contributed by atoms with Crippen LogP contribution in [-0.2, 0) is 4.74 Å². The first-order chi connectivity index (χ1) is 9.56. The fourth-order valence-electron chi connectivity index (χ4n) is 2.28. The van der Waals surface area contributed by atoms with E-state index in [1.54, 1.807) is 13.8 Å². The highest BCUT2D eigenvalue weighted by Crippen LogP contribution is 2.28. The predicted molar refractivity (Wildman–Crippen MR) is 76.9 cm³/mol. The van der Waals surface area contributed by atoms with Gasteiger partial charge in [-0.15, -0.1) is 0 Å². The Kier molecular flexibility index (Phi) is 4.03. The van der Waals surface area contributed by atoms with Crippen molar-refractivity contribution in [3.8, 4) is 11.1 Å². The number of aryl methyl sites for hydroxylation is 1. The van der Waals surface area contributed by atoms with Crippen LogP contribution in [-0.4, -0.2) is 23.1 Å². The van der Waals surface area contributed by atoms with Gasteiger partial charge >= 0.3 is 5.97 Å². The monoisotopic (exact) mass is 271 g/mol. The van der Waals surface area contributed by atoms with Crippen molar-refractivity contribution in [1.29, 1.82) is 0 Å². The average Bonchev–Trinajstić information content (AvgIpc) is 2.78. The van der Waals surface area contributed by atoms with E-state index in [0.717, 1.165) is 16.8 Å². The molecule has 0 radical (unpaired) electrons. The summed E-state index contributed by atoms with van der Waals surface area (Å²) in [5.74, 6) is -0.678. The Morgan fingerprint density at radius 1 is 1.20 bits per heavy atom. The van der Waals surface area contributed by atoms with Crippen molar-refractivity contribution in [3.05, 3.63) is 47.8 Å². The number of benzene rings is 1. The molecule has 0 aliphatic carbocycles. The molecule has 0 saturated carbocycles. The van der Waals surface area contributed by atoms with E-state index in [2.05, 4.69) is 0 Å². The van der Waals surface area contributed by atoms with Crippen molar-refractivity contribution in [3.63, 3.8) is 0 Å². The zero-order chi connectivity index (χ0) is 14.7. The van der Waals surface area contributed by atoms with E-state index < -0.39 is 5.97 Å². The number of ether oxygens (including phenoxy) is 1. The van der Waals surface area contributed by atoms with Gasteiger partial charge in [0.05, 0.1) is 6.61 Å². The van der Waals surface area contributed by atoms with Gasteiger partial charge in [-0.3, -0.25) is 9.36 Å². The SMILES string of the molecule is CCOC(=O)c1c(-c2ccccc2)cc(C)n1C(C)=O. The van der Waals surface area contributed by atoms with Gasteiger partial charge in [-0.1, -0.05) is 30.3 Å². The molecule has 1 heterocycles. The Bertz CT molecular complexity index is 641. The van der Waals surface area contributed by atoms with Crippen LogP contribution in [0.5, 0.6) is 0 Å². The third-order valence-electron chi connectivity index (χ3n) is 3.05. The number of rotatable bonds is 3. The highest BCUT2D eigenvalue weighted by Gasteiger charge is 2.23. The van der Waals surface area contributed by atoms with Crippen molar-refractivity contribution in [1.82, 2.24) is 4.57 Å². The molecule has 4 nitrogen and oxygen atoms in total. The Balaban J connectivity index is 2.66. The van der Waals surface area contributed by atoms with E-state index in [4.69, 9.17) is 4.74 Å². The first kappa shape index (κ1) is 14.1. The lowest BCUT2D eigenvalue weighted by Gasteiger charge is -2.09. The van der Waals surface area contributed by atoms with E-state index in [0.29, 0.717) is 5.69 Å². The summed E-state index contributed by atoms with van der Waals surface area (Å²) in [7, 11) is 0. The van der Waals surface area contributed by atoms with Crippen LogP contribution in [0, 0.1) is 6.92 Å². The molecular formula is C16H17NO3. The summed E-state index contributed by atoms with van der Waals surface area (Å²) in [5.41, 5.74) is 2.62. The van der Waals surface area contributed by atoms with Gasteiger partial charge in [-0.2, -0.15) is 0 Å². The van der Waals surface area contributed by atoms with Gasteiger partial charge < -0.3 is 4.74 Å². The van der Waals surface area contributed by atoms with Crippen LogP contribution >= 0.6 is 0 Å². The fourth-order valence-corrected chi connectivity index (χ4v) is 2.28. The summed E-state index contributed by atoms with van der Waals surface area (Å²) in [5, 5.41) is 0. The first-order valence-corrected chi connectivity index (χ1v) is 6.52. The van der Waals surface area contributed by atoms with Crippen LogP contribution in [0.4, 0.5) is 0 Å². The van der Waals surface area contributed by atoms with Crippen molar-refractivity contribution in [2.75, 3.05) is 6.61 Å². The van der Waals surface area contributed by atoms with Crippen LogP contribution in [0.15, 0.2) is 36.4 Å². The molecule has 0 atom stereocenters. The standard InChI is InChI=1S/C16H17NO3/c1-4-20-16(19)15-14(13-8-6-5-7-9-13)10-11(2)17(15)12(3)18/h5-10H,4H2,1-3H3. The molecule has 0 saturated heterocycles. The molecule has 1 aromatic heterocycles. The third-order valence-corrected chi connectivity index (χ3v) is 3.05. The summed E-state index contributed by atoms with van der Waals surface area (Å²) in [6.45, 7) is 5.25. The highest BCUT2D eigenvalue weighted by molar-refractivity contribution is 6.00. The molecule has 104 valence electrons. The van der Waals surface area contributed by atoms with Gasteiger partial charge in [0.2, 0.25) is 5.91 Å². The summed E-state index contributed by atoms with van der Waals surface area (Å²) in [4.78, 5) is 24.0. The van der Waals surface area contributed by atoms with Crippen LogP contribution in [0.2, 0.25) is 0 Å². The molecule has 0 unspecified atom stereocenters. The molecule has 0 fully saturated rings. The maximum Gasteiger partial charge on any atom is 0.356 e. The van der Waals surface area contributed by atoms with Crippen LogP contribution < -0.4 is 0 Å². The summed E-state index contributed by atoms with van der Waals surface area (Å²) in [6, 6.07) is 11.3. The van der Waals surface area contributed by atoms with Gasteiger partial charge in [0.1, 0.15) is 5.69 Å². The quantitative estimate of drug-likeness (QED) is 0.805. The number of carbonyl (C=O) groups is 2. The minimum atomic E-state index is -0.477. The normalized spacial score (nSPS) is 10.3. The average molecular weight is 271 g/mol. The van der Waals surface area contributed by atoms with Crippen molar-refractivity contribution in [2.45, 2.75) is 20.8 Å². The summed E-state index contributed by atoms with van der Waals surface area (Å²) < 4.78 is 6.49. The molecule has 1 aromatic carbocycles. The zero-order valence-electron chi connectivity index (χ0n) is 11.8. The molecule has 4 heteroatoms. The lowest BCUT2D eigenvalue weighted by Crippen LogP contribution is -2.18. The van der Waals surface area contributed by atoms with Gasteiger partial charge in [0.15, 0.2) is 0 Å². The summed E-state index contributed by atoms with van der Waals surface area (Å²) >= 11 is 0. The number of hydrogen-bond donors (Lipinski definition) is 0. The first-order valence-electron chi connectivity index (χ1n) is 6.52. The van der Waals surface area contributed by atoms with Gasteiger partial charge in [0.25, 0.3) is 0 Å². The maximum absolute atomic E-state index is 12.2. The van der Waals surface area contributed by atoms with Crippen LogP contribution in [0.3, 0.4) is 0 Å². The molecule has 20 heavy (non-hydrogen) atoms. The number of carbonyl (C=O) groups excluding carboxylic acids is 2. The van der Waals surface area contributed by atoms with Crippen LogP contribution in [0.1, 0.15) is 34.8 Å². The van der Waals surface area contributed by atoms with Crippen LogP contribution in [0.25, 0.3) is 11.1 Å². The zero-order valence-corrected chi connectivity index (χ0v) is 11.8. The Labute approximate surface area is 118 Å². The van der Waals surface area contributed by atoms with E-state index >= 15 is 0 Å². The van der Waals surface area contributed by atoms with E-state index in [9.17, 15) is 9.59 Å². The molecule has 0 aliphatic rings. The Morgan fingerprint density at radius 2 is 1.85 bits per heavy atom.